The van der Waals surface area contributed by atoms with Crippen LogP contribution in [0.2, 0.25) is 0 Å². The van der Waals surface area contributed by atoms with Gasteiger partial charge in [-0.1, -0.05) is 13.8 Å². The lowest BCUT2D eigenvalue weighted by atomic mass is 9.96. The van der Waals surface area contributed by atoms with Crippen molar-refractivity contribution in [3.05, 3.63) is 46.5 Å². The summed E-state index contributed by atoms with van der Waals surface area (Å²) in [6.45, 7) is 5.45. The molecule has 2 aromatic rings. The van der Waals surface area contributed by atoms with Crippen LogP contribution in [-0.4, -0.2) is 37.2 Å². The van der Waals surface area contributed by atoms with Crippen molar-refractivity contribution < 1.29 is 43.2 Å². The van der Waals surface area contributed by atoms with Crippen molar-refractivity contribution >= 4 is 18.4 Å². The number of carbonyl (C=O) groups is 3. The first-order valence-electron chi connectivity index (χ1n) is 10.4. The average molecular weight is 458 g/mol. The van der Waals surface area contributed by atoms with E-state index in [1.807, 2.05) is 13.8 Å². The van der Waals surface area contributed by atoms with Crippen LogP contribution in [0, 0.1) is 12.8 Å². The Balaban J connectivity index is 2.13. The number of esters is 1. The highest BCUT2D eigenvalue weighted by atomic mass is 16.6. The molecule has 0 saturated carbocycles. The molecule has 1 aliphatic rings. The summed E-state index contributed by atoms with van der Waals surface area (Å²) in [7, 11) is 1.40. The summed E-state index contributed by atoms with van der Waals surface area (Å²) in [5.74, 6) is -0.837. The van der Waals surface area contributed by atoms with E-state index in [1.165, 1.54) is 7.11 Å². The molecule has 2 aromatic carbocycles. The molecule has 0 saturated heterocycles. The molecule has 9 heteroatoms. The Hall–Kier alpha value is -3.75. The Morgan fingerprint density at radius 2 is 2.03 bits per heavy atom. The first-order chi connectivity index (χ1) is 15.7. The average Bonchev–Trinajstić information content (AvgIpc) is 2.75. The first-order valence-corrected chi connectivity index (χ1v) is 10.4. The van der Waals surface area contributed by atoms with Gasteiger partial charge in [0.15, 0.2) is 18.1 Å². The fraction of sp³-hybridized carbons (Fsp3) is 0.375. The van der Waals surface area contributed by atoms with Crippen molar-refractivity contribution in [2.45, 2.75) is 39.9 Å². The Bertz CT molecular complexity index is 1060. The summed E-state index contributed by atoms with van der Waals surface area (Å²) in [5, 5.41) is 9.01. The third-order valence-electron chi connectivity index (χ3n) is 5.01. The van der Waals surface area contributed by atoms with Gasteiger partial charge in [-0.3, -0.25) is 4.79 Å². The van der Waals surface area contributed by atoms with Gasteiger partial charge in [-0.05, 0) is 49.1 Å². The number of rotatable bonds is 9. The van der Waals surface area contributed by atoms with Gasteiger partial charge in [-0.15, -0.1) is 0 Å². The quantitative estimate of drug-likeness (QED) is 0.436. The number of carbonyl (C=O) groups excluding carboxylic acids is 2. The molecule has 0 aliphatic carbocycles. The summed E-state index contributed by atoms with van der Waals surface area (Å²) in [4.78, 5) is 35.1. The molecular weight excluding hydrogens is 432 g/mol. The fourth-order valence-corrected chi connectivity index (χ4v) is 3.69. The molecule has 1 heterocycles. The van der Waals surface area contributed by atoms with Crippen molar-refractivity contribution in [3.8, 4) is 23.0 Å². The summed E-state index contributed by atoms with van der Waals surface area (Å²) in [6.07, 6.45) is -0.121. The normalized spacial score (nSPS) is 13.4. The van der Waals surface area contributed by atoms with Crippen molar-refractivity contribution in [2.75, 3.05) is 13.7 Å². The number of carboxylic acids is 1. The number of hydrogen-bond donors (Lipinski definition) is 1. The lowest BCUT2D eigenvalue weighted by Gasteiger charge is -2.25. The van der Waals surface area contributed by atoms with Gasteiger partial charge in [0, 0.05) is 11.1 Å². The summed E-state index contributed by atoms with van der Waals surface area (Å²) in [5.41, 5.74) is 1.85. The van der Waals surface area contributed by atoms with Gasteiger partial charge in [-0.2, -0.15) is 0 Å². The first kappa shape index (κ1) is 23.9. The van der Waals surface area contributed by atoms with Gasteiger partial charge in [0.2, 0.25) is 0 Å². The zero-order valence-corrected chi connectivity index (χ0v) is 18.9. The number of aryl methyl sites for hydroxylation is 1. The van der Waals surface area contributed by atoms with Gasteiger partial charge in [0.05, 0.1) is 7.11 Å². The second kappa shape index (κ2) is 10.2. The van der Waals surface area contributed by atoms with Crippen molar-refractivity contribution in [1.82, 2.24) is 0 Å². The molecule has 0 radical (unpaired) electrons. The molecule has 0 aromatic heterocycles. The number of carboxylic acid groups (broad SMARTS) is 1. The van der Waals surface area contributed by atoms with Crippen LogP contribution >= 0.6 is 0 Å². The Morgan fingerprint density at radius 3 is 2.67 bits per heavy atom. The van der Waals surface area contributed by atoms with Crippen LogP contribution in [0.5, 0.6) is 23.0 Å². The predicted molar refractivity (Wildman–Crippen MR) is 116 cm³/mol. The highest BCUT2D eigenvalue weighted by molar-refractivity contribution is 5.96. The Kier molecular flexibility index (Phi) is 7.42. The van der Waals surface area contributed by atoms with Crippen molar-refractivity contribution in [2.24, 2.45) is 5.92 Å². The lowest BCUT2D eigenvalue weighted by Crippen LogP contribution is -2.16. The van der Waals surface area contributed by atoms with E-state index in [9.17, 15) is 14.4 Å². The molecule has 0 spiro atoms. The zero-order valence-electron chi connectivity index (χ0n) is 18.9. The van der Waals surface area contributed by atoms with Gasteiger partial charge in [0.25, 0.3) is 6.47 Å². The molecule has 9 nitrogen and oxygen atoms in total. The molecule has 1 aliphatic heterocycles. The van der Waals surface area contributed by atoms with Gasteiger partial charge < -0.3 is 28.8 Å². The summed E-state index contributed by atoms with van der Waals surface area (Å²) < 4.78 is 27.8. The lowest BCUT2D eigenvalue weighted by molar-refractivity contribution is -0.139. The maximum absolute atomic E-state index is 13.0. The van der Waals surface area contributed by atoms with E-state index >= 15 is 0 Å². The van der Waals surface area contributed by atoms with Gasteiger partial charge in [-0.25, -0.2) is 9.59 Å². The van der Waals surface area contributed by atoms with Crippen LogP contribution in [0.25, 0.3) is 0 Å². The number of hydrogen-bond acceptors (Lipinski definition) is 8. The van der Waals surface area contributed by atoms with E-state index < -0.39 is 24.6 Å². The van der Waals surface area contributed by atoms with Crippen LogP contribution in [0.15, 0.2) is 24.3 Å². The maximum Gasteiger partial charge on any atom is 0.346 e. The monoisotopic (exact) mass is 458 g/mol. The minimum absolute atomic E-state index is 0.0358. The SMILES string of the molecule is COc1c(C(CC(C)C)OC=O)ccc2c1C(=O)OCc1cc(C)cc(OCC(=O)O)c1O2. The minimum atomic E-state index is -1.14. The molecule has 0 amide bonds. The topological polar surface area (TPSA) is 118 Å². The highest BCUT2D eigenvalue weighted by Gasteiger charge is 2.31. The minimum Gasteiger partial charge on any atom is -0.495 e. The Morgan fingerprint density at radius 1 is 1.27 bits per heavy atom. The number of benzene rings is 2. The standard InChI is InChI=1S/C24H26O9/c1-13(2)7-18(32-12-25)16-5-6-17-21(23(16)29-4)24(28)31-10-15-8-14(3)9-19(22(15)33-17)30-11-20(26)27/h5-6,8-9,12-13,18H,7,10-11H2,1-4H3,(H,26,27). The van der Waals surface area contributed by atoms with Crippen LogP contribution in [0.1, 0.15) is 53.4 Å². The maximum atomic E-state index is 13.0. The molecule has 3 rings (SSSR count). The number of cyclic esters (lactones) is 1. The van der Waals surface area contributed by atoms with Crippen LogP contribution in [-0.2, 0) is 25.7 Å². The molecule has 1 N–H and O–H groups in total. The highest BCUT2D eigenvalue weighted by Crippen LogP contribution is 2.45. The van der Waals surface area contributed by atoms with Crippen LogP contribution in [0.4, 0.5) is 0 Å². The molecule has 176 valence electrons. The van der Waals surface area contributed by atoms with Crippen LogP contribution in [0.3, 0.4) is 0 Å². The number of ether oxygens (including phenoxy) is 5. The summed E-state index contributed by atoms with van der Waals surface area (Å²) >= 11 is 0. The molecule has 0 bridgehead atoms. The van der Waals surface area contributed by atoms with E-state index in [1.54, 1.807) is 31.2 Å². The summed E-state index contributed by atoms with van der Waals surface area (Å²) in [6, 6.07) is 6.64. The van der Waals surface area contributed by atoms with Crippen molar-refractivity contribution in [1.29, 1.82) is 0 Å². The molecule has 1 atom stereocenters. The van der Waals surface area contributed by atoms with E-state index in [2.05, 4.69) is 0 Å². The number of aliphatic carboxylic acids is 1. The third kappa shape index (κ3) is 5.36. The molecule has 1 unspecified atom stereocenters. The zero-order chi connectivity index (χ0) is 24.1. The number of fused-ring (bicyclic) bond motifs is 2. The second-order valence-electron chi connectivity index (χ2n) is 8.02. The number of methoxy groups -OCH3 is 1. The van der Waals surface area contributed by atoms with E-state index in [0.29, 0.717) is 24.0 Å². The fourth-order valence-electron chi connectivity index (χ4n) is 3.69. The molecular formula is C24H26O9. The smallest absolute Gasteiger partial charge is 0.346 e. The van der Waals surface area contributed by atoms with Crippen LogP contribution < -0.4 is 14.2 Å². The second-order valence-corrected chi connectivity index (χ2v) is 8.02. The molecule has 0 fully saturated rings. The van der Waals surface area contributed by atoms with Crippen molar-refractivity contribution in [3.63, 3.8) is 0 Å². The van der Waals surface area contributed by atoms with Gasteiger partial charge in [0.1, 0.15) is 29.8 Å². The van der Waals surface area contributed by atoms with Gasteiger partial charge >= 0.3 is 11.9 Å². The van der Waals surface area contributed by atoms with E-state index in [-0.39, 0.29) is 41.1 Å². The Labute approximate surface area is 191 Å². The van der Waals surface area contributed by atoms with E-state index in [4.69, 9.17) is 28.8 Å². The van der Waals surface area contributed by atoms with E-state index in [0.717, 1.165) is 5.56 Å². The largest absolute Gasteiger partial charge is 0.495 e. The molecule has 33 heavy (non-hydrogen) atoms. The predicted octanol–water partition coefficient (Wildman–Crippen LogP) is 4.19. The third-order valence-corrected chi connectivity index (χ3v) is 5.01.